The van der Waals surface area contributed by atoms with Crippen molar-refractivity contribution in [3.8, 4) is 5.75 Å². The van der Waals surface area contributed by atoms with Gasteiger partial charge in [0.25, 0.3) is 11.8 Å². The van der Waals surface area contributed by atoms with Crippen LogP contribution in [0.3, 0.4) is 0 Å². The smallest absolute Gasteiger partial charge is 0.260 e. The van der Waals surface area contributed by atoms with Gasteiger partial charge in [-0.05, 0) is 38.0 Å². The molecule has 28 heavy (non-hydrogen) atoms. The summed E-state index contributed by atoms with van der Waals surface area (Å²) in [6, 6.07) is 15.1. The zero-order chi connectivity index (χ0) is 19.5. The van der Waals surface area contributed by atoms with E-state index in [0.717, 1.165) is 37.2 Å². The first kappa shape index (κ1) is 18.3. The summed E-state index contributed by atoms with van der Waals surface area (Å²) in [6.45, 7) is 4.15. The predicted molar refractivity (Wildman–Crippen MR) is 107 cm³/mol. The highest BCUT2D eigenvalue weighted by Crippen LogP contribution is 2.36. The Balaban J connectivity index is 1.58. The lowest BCUT2D eigenvalue weighted by molar-refractivity contribution is -0.132. The summed E-state index contributed by atoms with van der Waals surface area (Å²) < 4.78 is 5.91. The Morgan fingerprint density at radius 1 is 1.11 bits per heavy atom. The van der Waals surface area contributed by atoms with Gasteiger partial charge < -0.3 is 19.9 Å². The maximum Gasteiger partial charge on any atom is 0.260 e. The monoisotopic (exact) mass is 379 g/mol. The molecule has 1 saturated heterocycles. The number of hydrogen-bond acceptors (Lipinski definition) is 4. The number of ether oxygens (including phenoxy) is 1. The molecule has 1 N–H and O–H groups in total. The fraction of sp³-hybridized carbons (Fsp3) is 0.364. The molecule has 2 aliphatic rings. The van der Waals surface area contributed by atoms with Gasteiger partial charge in [0.05, 0.1) is 5.56 Å². The van der Waals surface area contributed by atoms with E-state index in [4.69, 9.17) is 4.74 Å². The first-order valence-corrected chi connectivity index (χ1v) is 9.85. The van der Waals surface area contributed by atoms with Gasteiger partial charge in [-0.1, -0.05) is 30.3 Å². The number of carbonyl (C=O) groups is 2. The highest BCUT2D eigenvalue weighted by atomic mass is 16.5. The Bertz CT molecular complexity index is 877. The van der Waals surface area contributed by atoms with Crippen molar-refractivity contribution in [1.82, 2.24) is 9.80 Å². The standard InChI is InChI=1S/C22H25N3O3/c1-2-25-21(23-18-11-5-3-9-16(18)22(25)27)17-10-4-6-12-19(17)28-15-20(26)24-13-7-8-14-24/h3-6,9-12,21,23H,2,7-8,13-15H2,1H3/t21-/m0/s1. The molecular weight excluding hydrogens is 354 g/mol. The summed E-state index contributed by atoms with van der Waals surface area (Å²) in [6.07, 6.45) is 1.77. The van der Waals surface area contributed by atoms with Gasteiger partial charge in [0, 0.05) is 30.9 Å². The van der Waals surface area contributed by atoms with Crippen LogP contribution in [-0.2, 0) is 4.79 Å². The van der Waals surface area contributed by atoms with E-state index < -0.39 is 0 Å². The number of carbonyl (C=O) groups excluding carboxylic acids is 2. The zero-order valence-electron chi connectivity index (χ0n) is 16.1. The molecule has 4 rings (SSSR count). The minimum absolute atomic E-state index is 0.00945. The van der Waals surface area contributed by atoms with Gasteiger partial charge in [-0.25, -0.2) is 0 Å². The van der Waals surface area contributed by atoms with Gasteiger partial charge in [0.2, 0.25) is 0 Å². The Morgan fingerprint density at radius 2 is 1.82 bits per heavy atom. The van der Waals surface area contributed by atoms with Crippen molar-refractivity contribution in [3.63, 3.8) is 0 Å². The van der Waals surface area contributed by atoms with E-state index in [2.05, 4.69) is 5.32 Å². The highest BCUT2D eigenvalue weighted by molar-refractivity contribution is 6.01. The van der Waals surface area contributed by atoms with Gasteiger partial charge in [-0.3, -0.25) is 9.59 Å². The minimum atomic E-state index is -0.342. The van der Waals surface area contributed by atoms with E-state index in [-0.39, 0.29) is 24.6 Å². The molecule has 2 aliphatic heterocycles. The van der Waals surface area contributed by atoms with E-state index in [0.29, 0.717) is 17.9 Å². The van der Waals surface area contributed by atoms with Crippen LogP contribution in [0.2, 0.25) is 0 Å². The van der Waals surface area contributed by atoms with Crippen molar-refractivity contribution < 1.29 is 14.3 Å². The van der Waals surface area contributed by atoms with Gasteiger partial charge in [-0.2, -0.15) is 0 Å². The maximum atomic E-state index is 13.0. The lowest BCUT2D eigenvalue weighted by Gasteiger charge is -2.38. The summed E-state index contributed by atoms with van der Waals surface area (Å²) in [7, 11) is 0. The number of likely N-dealkylation sites (tertiary alicyclic amines) is 1. The molecule has 0 unspecified atom stereocenters. The molecule has 2 aromatic rings. The number of nitrogens with zero attached hydrogens (tertiary/aromatic N) is 2. The SMILES string of the molecule is CCN1C(=O)c2ccccc2N[C@@H]1c1ccccc1OCC(=O)N1CCCC1. The van der Waals surface area contributed by atoms with Crippen LogP contribution in [0.5, 0.6) is 5.75 Å². The summed E-state index contributed by atoms with van der Waals surface area (Å²) in [5.74, 6) is 0.626. The van der Waals surface area contributed by atoms with Crippen LogP contribution in [0.15, 0.2) is 48.5 Å². The lowest BCUT2D eigenvalue weighted by Crippen LogP contribution is -2.43. The minimum Gasteiger partial charge on any atom is -0.483 e. The zero-order valence-corrected chi connectivity index (χ0v) is 16.1. The number of benzene rings is 2. The van der Waals surface area contributed by atoms with Crippen molar-refractivity contribution >= 4 is 17.5 Å². The number of anilines is 1. The third-order valence-corrected chi connectivity index (χ3v) is 5.39. The van der Waals surface area contributed by atoms with Crippen LogP contribution < -0.4 is 10.1 Å². The average molecular weight is 379 g/mol. The molecular formula is C22H25N3O3. The fourth-order valence-corrected chi connectivity index (χ4v) is 3.90. The third kappa shape index (κ3) is 3.42. The number of fused-ring (bicyclic) bond motifs is 1. The van der Waals surface area contributed by atoms with Crippen molar-refractivity contribution in [2.24, 2.45) is 0 Å². The predicted octanol–water partition coefficient (Wildman–Crippen LogP) is 3.27. The van der Waals surface area contributed by atoms with Crippen molar-refractivity contribution in [1.29, 1.82) is 0 Å². The van der Waals surface area contributed by atoms with Crippen molar-refractivity contribution in [2.45, 2.75) is 25.9 Å². The van der Waals surface area contributed by atoms with Crippen molar-refractivity contribution in [3.05, 3.63) is 59.7 Å². The molecule has 2 amide bonds. The maximum absolute atomic E-state index is 13.0. The molecule has 0 aliphatic carbocycles. The lowest BCUT2D eigenvalue weighted by atomic mass is 10.0. The Hall–Kier alpha value is -3.02. The molecule has 0 aromatic heterocycles. The average Bonchev–Trinajstić information content (AvgIpc) is 3.27. The van der Waals surface area contributed by atoms with Crippen molar-refractivity contribution in [2.75, 3.05) is 31.6 Å². The van der Waals surface area contributed by atoms with Crippen LogP contribution in [0, 0.1) is 0 Å². The number of para-hydroxylation sites is 2. The molecule has 6 nitrogen and oxygen atoms in total. The molecule has 0 radical (unpaired) electrons. The molecule has 1 atom stereocenters. The molecule has 0 saturated carbocycles. The number of hydrogen-bond donors (Lipinski definition) is 1. The van der Waals surface area contributed by atoms with Gasteiger partial charge in [-0.15, -0.1) is 0 Å². The molecule has 0 spiro atoms. The van der Waals surface area contributed by atoms with Gasteiger partial charge in [0.1, 0.15) is 11.9 Å². The first-order valence-electron chi connectivity index (χ1n) is 9.85. The quantitative estimate of drug-likeness (QED) is 0.866. The van der Waals surface area contributed by atoms with Crippen LogP contribution in [0.4, 0.5) is 5.69 Å². The van der Waals surface area contributed by atoms with E-state index in [1.54, 1.807) is 4.90 Å². The summed E-state index contributed by atoms with van der Waals surface area (Å²) in [4.78, 5) is 29.0. The highest BCUT2D eigenvalue weighted by Gasteiger charge is 2.33. The van der Waals surface area contributed by atoms with E-state index in [1.165, 1.54) is 0 Å². The fourth-order valence-electron chi connectivity index (χ4n) is 3.90. The summed E-state index contributed by atoms with van der Waals surface area (Å²) in [5, 5.41) is 3.46. The summed E-state index contributed by atoms with van der Waals surface area (Å²) >= 11 is 0. The number of amides is 2. The Morgan fingerprint density at radius 3 is 2.61 bits per heavy atom. The number of rotatable bonds is 5. The molecule has 2 heterocycles. The van der Waals surface area contributed by atoms with Crippen LogP contribution in [-0.4, -0.2) is 47.9 Å². The molecule has 6 heteroatoms. The molecule has 146 valence electrons. The van der Waals surface area contributed by atoms with Gasteiger partial charge >= 0.3 is 0 Å². The second-order valence-electron chi connectivity index (χ2n) is 7.10. The Labute approximate surface area is 165 Å². The topological polar surface area (TPSA) is 61.9 Å². The van der Waals surface area contributed by atoms with E-state index in [1.807, 2.05) is 60.4 Å². The first-order chi connectivity index (χ1) is 13.7. The second kappa shape index (κ2) is 7.92. The second-order valence-corrected chi connectivity index (χ2v) is 7.10. The van der Waals surface area contributed by atoms with E-state index >= 15 is 0 Å². The van der Waals surface area contributed by atoms with E-state index in [9.17, 15) is 9.59 Å². The molecule has 1 fully saturated rings. The van der Waals surface area contributed by atoms with Crippen LogP contribution in [0.1, 0.15) is 41.9 Å². The van der Waals surface area contributed by atoms with Crippen LogP contribution in [0.25, 0.3) is 0 Å². The molecule has 2 aromatic carbocycles. The molecule has 0 bridgehead atoms. The van der Waals surface area contributed by atoms with Gasteiger partial charge in [0.15, 0.2) is 6.61 Å². The Kier molecular flexibility index (Phi) is 5.19. The normalized spacial score (nSPS) is 18.6. The number of nitrogens with one attached hydrogen (secondary N) is 1. The van der Waals surface area contributed by atoms with Crippen LogP contribution >= 0.6 is 0 Å². The third-order valence-electron chi connectivity index (χ3n) is 5.39. The summed E-state index contributed by atoms with van der Waals surface area (Å²) in [5.41, 5.74) is 2.33. The largest absolute Gasteiger partial charge is 0.483 e.